The maximum Gasteiger partial charge on any atom is 0.273 e. The molecular weight excluding hydrogens is 322 g/mol. The zero-order valence-corrected chi connectivity index (χ0v) is 13.8. The lowest BCUT2D eigenvalue weighted by Crippen LogP contribution is -2.14. The first-order valence-electron chi connectivity index (χ1n) is 7.38. The molecular formula is C18H15N3O2S. The Hall–Kier alpha value is -2.73. The molecule has 0 aliphatic carbocycles. The van der Waals surface area contributed by atoms with Gasteiger partial charge < -0.3 is 0 Å². The molecule has 1 N–H and O–H groups in total. The average molecular weight is 337 g/mol. The van der Waals surface area contributed by atoms with Gasteiger partial charge in [-0.2, -0.15) is 0 Å². The minimum absolute atomic E-state index is 0.00835. The van der Waals surface area contributed by atoms with Gasteiger partial charge in [0.25, 0.3) is 5.56 Å². The summed E-state index contributed by atoms with van der Waals surface area (Å²) in [7, 11) is 0. The smallest absolute Gasteiger partial charge is 0.273 e. The fourth-order valence-corrected chi connectivity index (χ4v) is 2.90. The van der Waals surface area contributed by atoms with Gasteiger partial charge in [-0.05, 0) is 18.6 Å². The van der Waals surface area contributed by atoms with Crippen LogP contribution >= 0.6 is 11.8 Å². The molecule has 0 unspecified atom stereocenters. The number of aromatic amines is 1. The Morgan fingerprint density at radius 2 is 1.79 bits per heavy atom. The highest BCUT2D eigenvalue weighted by Crippen LogP contribution is 2.19. The molecule has 1 heterocycles. The molecule has 0 radical (unpaired) electrons. The number of benzene rings is 2. The first-order valence-corrected chi connectivity index (χ1v) is 8.37. The van der Waals surface area contributed by atoms with Crippen molar-refractivity contribution in [2.24, 2.45) is 0 Å². The lowest BCUT2D eigenvalue weighted by molar-refractivity contribution is 0.103. The summed E-state index contributed by atoms with van der Waals surface area (Å²) in [6.07, 6.45) is 0. The van der Waals surface area contributed by atoms with Crippen LogP contribution in [0.5, 0.6) is 0 Å². The van der Waals surface area contributed by atoms with Gasteiger partial charge in [0.05, 0.1) is 0 Å². The molecule has 0 fully saturated rings. The summed E-state index contributed by atoms with van der Waals surface area (Å²) in [6.45, 7) is 1.61. The predicted molar refractivity (Wildman–Crippen MR) is 93.3 cm³/mol. The van der Waals surface area contributed by atoms with E-state index in [2.05, 4.69) is 15.2 Å². The maximum absolute atomic E-state index is 12.5. The van der Waals surface area contributed by atoms with Crippen molar-refractivity contribution in [3.63, 3.8) is 0 Å². The van der Waals surface area contributed by atoms with Crippen LogP contribution in [0, 0.1) is 6.92 Å². The Kier molecular flexibility index (Phi) is 4.86. The van der Waals surface area contributed by atoms with Crippen LogP contribution < -0.4 is 5.56 Å². The van der Waals surface area contributed by atoms with E-state index < -0.39 is 0 Å². The normalized spacial score (nSPS) is 10.5. The first kappa shape index (κ1) is 16.1. The third kappa shape index (κ3) is 3.78. The van der Waals surface area contributed by atoms with E-state index in [0.717, 1.165) is 5.56 Å². The summed E-state index contributed by atoms with van der Waals surface area (Å²) in [4.78, 5) is 26.7. The van der Waals surface area contributed by atoms with Gasteiger partial charge in [0, 0.05) is 16.9 Å². The molecule has 24 heavy (non-hydrogen) atoms. The van der Waals surface area contributed by atoms with Crippen molar-refractivity contribution >= 4 is 17.5 Å². The van der Waals surface area contributed by atoms with E-state index in [0.29, 0.717) is 27.7 Å². The van der Waals surface area contributed by atoms with Crippen LogP contribution in [0.1, 0.15) is 27.2 Å². The number of aromatic nitrogens is 3. The maximum atomic E-state index is 12.5. The van der Waals surface area contributed by atoms with Gasteiger partial charge >= 0.3 is 0 Å². The fourth-order valence-electron chi connectivity index (χ4n) is 2.15. The van der Waals surface area contributed by atoms with Crippen molar-refractivity contribution in [1.82, 2.24) is 15.2 Å². The second kappa shape index (κ2) is 7.23. The third-order valence-corrected chi connectivity index (χ3v) is 4.38. The molecule has 5 nitrogen and oxygen atoms in total. The lowest BCUT2D eigenvalue weighted by atomic mass is 10.0. The summed E-state index contributed by atoms with van der Waals surface area (Å²) < 4.78 is 0. The molecule has 1 aromatic heterocycles. The molecule has 6 heteroatoms. The largest absolute Gasteiger partial charge is 0.298 e. The van der Waals surface area contributed by atoms with Crippen LogP contribution in [-0.4, -0.2) is 21.0 Å². The number of H-pyrrole nitrogens is 1. The van der Waals surface area contributed by atoms with E-state index in [4.69, 9.17) is 0 Å². The number of nitrogens with zero attached hydrogens (tertiary/aromatic N) is 2. The Labute approximate surface area is 143 Å². The van der Waals surface area contributed by atoms with Crippen LogP contribution in [0.15, 0.2) is 64.5 Å². The van der Waals surface area contributed by atoms with Crippen LogP contribution in [0.25, 0.3) is 0 Å². The van der Waals surface area contributed by atoms with E-state index in [1.54, 1.807) is 25.1 Å². The van der Waals surface area contributed by atoms with E-state index in [-0.39, 0.29) is 11.3 Å². The van der Waals surface area contributed by atoms with Crippen molar-refractivity contribution in [3.05, 3.63) is 87.3 Å². The fraction of sp³-hybridized carbons (Fsp3) is 0.111. The summed E-state index contributed by atoms with van der Waals surface area (Å²) >= 11 is 1.37. The van der Waals surface area contributed by atoms with Crippen molar-refractivity contribution in [1.29, 1.82) is 0 Å². The number of carbonyl (C=O) groups is 1. The molecule has 0 aliphatic rings. The lowest BCUT2D eigenvalue weighted by Gasteiger charge is -2.05. The molecule has 120 valence electrons. The van der Waals surface area contributed by atoms with E-state index in [1.165, 1.54) is 11.8 Å². The van der Waals surface area contributed by atoms with Gasteiger partial charge in [0.2, 0.25) is 0 Å². The first-order chi connectivity index (χ1) is 11.6. The zero-order valence-electron chi connectivity index (χ0n) is 13.0. The summed E-state index contributed by atoms with van der Waals surface area (Å²) in [5.74, 6) is 0.579. The van der Waals surface area contributed by atoms with Gasteiger partial charge in [0.1, 0.15) is 5.69 Å². The number of carbonyl (C=O) groups excluding carboxylic acids is 1. The monoisotopic (exact) mass is 337 g/mol. The highest BCUT2D eigenvalue weighted by atomic mass is 32.2. The quantitative estimate of drug-likeness (QED) is 0.572. The Balaban J connectivity index is 1.74. The van der Waals surface area contributed by atoms with Crippen LogP contribution in [-0.2, 0) is 5.75 Å². The number of ketones is 1. The molecule has 0 saturated carbocycles. The number of nitrogens with one attached hydrogen (secondary N) is 1. The molecule has 0 atom stereocenters. The second-order valence-corrected chi connectivity index (χ2v) is 6.19. The van der Waals surface area contributed by atoms with Crippen molar-refractivity contribution in [2.75, 3.05) is 0 Å². The highest BCUT2D eigenvalue weighted by molar-refractivity contribution is 7.98. The van der Waals surface area contributed by atoms with E-state index >= 15 is 0 Å². The number of hydrogen-bond donors (Lipinski definition) is 1. The molecule has 0 aliphatic heterocycles. The van der Waals surface area contributed by atoms with Crippen molar-refractivity contribution in [2.45, 2.75) is 17.8 Å². The molecule has 2 aromatic carbocycles. The minimum atomic E-state index is -0.236. The topological polar surface area (TPSA) is 75.7 Å². The predicted octanol–water partition coefficient (Wildman–Crippen LogP) is 3.00. The Bertz CT molecular complexity index is 923. The molecule has 3 rings (SSSR count). The van der Waals surface area contributed by atoms with Crippen LogP contribution in [0.4, 0.5) is 0 Å². The summed E-state index contributed by atoms with van der Waals surface area (Å²) in [6, 6.07) is 16.6. The number of hydrogen-bond acceptors (Lipinski definition) is 5. The van der Waals surface area contributed by atoms with Crippen LogP contribution in [0.2, 0.25) is 0 Å². The van der Waals surface area contributed by atoms with Crippen molar-refractivity contribution < 1.29 is 4.79 Å². The third-order valence-electron chi connectivity index (χ3n) is 3.44. The molecule has 3 aromatic rings. The van der Waals surface area contributed by atoms with Gasteiger partial charge in [-0.3, -0.25) is 14.6 Å². The van der Waals surface area contributed by atoms with Gasteiger partial charge in [0.15, 0.2) is 10.9 Å². The van der Waals surface area contributed by atoms with Gasteiger partial charge in [-0.1, -0.05) is 60.3 Å². The molecule has 0 spiro atoms. The molecule has 0 saturated heterocycles. The zero-order chi connectivity index (χ0) is 16.9. The van der Waals surface area contributed by atoms with Crippen LogP contribution in [0.3, 0.4) is 0 Å². The number of thioether (sulfide) groups is 1. The van der Waals surface area contributed by atoms with Crippen molar-refractivity contribution in [3.8, 4) is 0 Å². The number of aryl methyl sites for hydroxylation is 1. The van der Waals surface area contributed by atoms with E-state index in [9.17, 15) is 9.59 Å². The summed E-state index contributed by atoms with van der Waals surface area (Å²) in [5, 5.41) is 8.22. The highest BCUT2D eigenvalue weighted by Gasteiger charge is 2.09. The minimum Gasteiger partial charge on any atom is -0.298 e. The molecule has 0 amide bonds. The molecule has 0 bridgehead atoms. The van der Waals surface area contributed by atoms with Gasteiger partial charge in [-0.25, -0.2) is 0 Å². The van der Waals surface area contributed by atoms with E-state index in [1.807, 2.05) is 36.4 Å². The SMILES string of the molecule is Cc1nnc(SCc2cccc(C(=O)c3ccccc3)c2)[nH]c1=O. The standard InChI is InChI=1S/C18H15N3O2S/c1-12-17(23)19-18(21-20-12)24-11-13-6-5-9-15(10-13)16(22)14-7-3-2-4-8-14/h2-10H,11H2,1H3,(H,19,21,23). The second-order valence-electron chi connectivity index (χ2n) is 5.23. The number of rotatable bonds is 5. The van der Waals surface area contributed by atoms with Gasteiger partial charge in [-0.15, -0.1) is 10.2 Å². The Morgan fingerprint density at radius 3 is 2.54 bits per heavy atom. The average Bonchev–Trinajstić information content (AvgIpc) is 2.63. The Morgan fingerprint density at radius 1 is 1.04 bits per heavy atom. The summed E-state index contributed by atoms with van der Waals surface area (Å²) in [5.41, 5.74) is 2.39.